The van der Waals surface area contributed by atoms with Crippen molar-refractivity contribution in [3.8, 4) is 0 Å². The predicted octanol–water partition coefficient (Wildman–Crippen LogP) is 0.776. The van der Waals surface area contributed by atoms with Crippen molar-refractivity contribution >= 4 is 21.6 Å². The Kier molecular flexibility index (Phi) is 5.80. The number of rotatable bonds is 7. The number of hydrogen-bond donors (Lipinski definition) is 2. The van der Waals surface area contributed by atoms with Crippen LogP contribution in [0.5, 0.6) is 0 Å². The molecule has 0 bridgehead atoms. The van der Waals surface area contributed by atoms with Gasteiger partial charge < -0.3 is 0 Å². The maximum absolute atomic E-state index is 12.8. The summed E-state index contributed by atoms with van der Waals surface area (Å²) in [5.41, 5.74) is 2.18. The smallest absolute Gasteiger partial charge is 0.270 e. The summed E-state index contributed by atoms with van der Waals surface area (Å²) in [6.45, 7) is -0.601. The number of carbonyl (C=O) groups excluding carboxylic acids is 1. The molecule has 0 radical (unpaired) electrons. The van der Waals surface area contributed by atoms with Crippen LogP contribution >= 0.6 is 0 Å². The lowest BCUT2D eigenvalue weighted by atomic mass is 10.2. The number of nitrogens with zero attached hydrogens (tertiary/aromatic N) is 2. The molecule has 9 nitrogen and oxygen atoms in total. The minimum absolute atomic E-state index is 0.0840. The standard InChI is InChI=1S/C15H16N4O5S/c16-17-15(20)11-18(10-12-5-2-1-3-6-12)25(23,24)14-8-4-7-13(9-14)19(21)22/h1-9H,10-11,16H2,(H,17,20). The Morgan fingerprint density at radius 3 is 2.44 bits per heavy atom. The number of hydrogen-bond acceptors (Lipinski definition) is 6. The van der Waals surface area contributed by atoms with Crippen LogP contribution in [0.4, 0.5) is 5.69 Å². The van der Waals surface area contributed by atoms with Crippen molar-refractivity contribution in [3.63, 3.8) is 0 Å². The van der Waals surface area contributed by atoms with Crippen LogP contribution in [0.3, 0.4) is 0 Å². The molecule has 0 saturated heterocycles. The molecule has 3 N–H and O–H groups in total. The Morgan fingerprint density at radius 2 is 1.84 bits per heavy atom. The van der Waals surface area contributed by atoms with E-state index in [0.29, 0.717) is 5.56 Å². The maximum Gasteiger partial charge on any atom is 0.270 e. The molecule has 2 aromatic carbocycles. The van der Waals surface area contributed by atoms with Gasteiger partial charge in [-0.15, -0.1) is 0 Å². The molecule has 0 aromatic heterocycles. The second-order valence-corrected chi connectivity index (χ2v) is 7.02. The van der Waals surface area contributed by atoms with Crippen LogP contribution in [-0.2, 0) is 21.4 Å². The molecule has 0 aliphatic heterocycles. The summed E-state index contributed by atoms with van der Waals surface area (Å²) in [5.74, 6) is 4.35. The maximum atomic E-state index is 12.8. The van der Waals surface area contributed by atoms with Gasteiger partial charge in [0.15, 0.2) is 0 Å². The lowest BCUT2D eigenvalue weighted by molar-refractivity contribution is -0.385. The van der Waals surface area contributed by atoms with Gasteiger partial charge in [-0.05, 0) is 11.6 Å². The van der Waals surface area contributed by atoms with E-state index in [0.717, 1.165) is 10.4 Å². The molecule has 132 valence electrons. The van der Waals surface area contributed by atoms with Gasteiger partial charge in [-0.25, -0.2) is 14.3 Å². The summed E-state index contributed by atoms with van der Waals surface area (Å²) in [6, 6.07) is 13.3. The summed E-state index contributed by atoms with van der Waals surface area (Å²) in [7, 11) is -4.15. The SMILES string of the molecule is NNC(=O)CN(Cc1ccccc1)S(=O)(=O)c1cccc([N+](=O)[O-])c1. The fourth-order valence-corrected chi connectivity index (χ4v) is 3.55. The number of nitrogens with two attached hydrogens (primary N) is 1. The van der Waals surface area contributed by atoms with E-state index in [1.54, 1.807) is 30.3 Å². The fourth-order valence-electron chi connectivity index (χ4n) is 2.13. The molecule has 0 atom stereocenters. The molecule has 10 heteroatoms. The Morgan fingerprint density at radius 1 is 1.16 bits per heavy atom. The molecule has 0 fully saturated rings. The third-order valence-electron chi connectivity index (χ3n) is 3.35. The van der Waals surface area contributed by atoms with E-state index in [1.807, 2.05) is 5.43 Å². The molecule has 0 aliphatic carbocycles. The highest BCUT2D eigenvalue weighted by molar-refractivity contribution is 7.89. The Bertz CT molecular complexity index is 871. The monoisotopic (exact) mass is 364 g/mol. The lowest BCUT2D eigenvalue weighted by Crippen LogP contribution is -2.42. The largest absolute Gasteiger partial charge is 0.293 e. The molecule has 2 rings (SSSR count). The molecular formula is C15H16N4O5S. The molecule has 1 amide bonds. The van der Waals surface area contributed by atoms with E-state index in [1.165, 1.54) is 18.2 Å². The quantitative estimate of drug-likeness (QED) is 0.322. The van der Waals surface area contributed by atoms with Crippen molar-refractivity contribution in [2.24, 2.45) is 5.84 Å². The van der Waals surface area contributed by atoms with Crippen LogP contribution in [0, 0.1) is 10.1 Å². The van der Waals surface area contributed by atoms with Crippen molar-refractivity contribution in [1.82, 2.24) is 9.73 Å². The molecule has 25 heavy (non-hydrogen) atoms. The Balaban J connectivity index is 2.41. The van der Waals surface area contributed by atoms with E-state index in [4.69, 9.17) is 5.84 Å². The minimum Gasteiger partial charge on any atom is -0.293 e. The summed E-state index contributed by atoms with van der Waals surface area (Å²) >= 11 is 0. The van der Waals surface area contributed by atoms with Gasteiger partial charge >= 0.3 is 0 Å². The molecule has 0 spiro atoms. The van der Waals surface area contributed by atoms with Crippen LogP contribution in [0.2, 0.25) is 0 Å². The lowest BCUT2D eigenvalue weighted by Gasteiger charge is -2.21. The normalized spacial score (nSPS) is 11.3. The highest BCUT2D eigenvalue weighted by Crippen LogP contribution is 2.22. The zero-order chi connectivity index (χ0) is 18.4. The zero-order valence-electron chi connectivity index (χ0n) is 13.0. The number of sulfonamides is 1. The molecule has 0 heterocycles. The third kappa shape index (κ3) is 4.59. The van der Waals surface area contributed by atoms with Crippen molar-refractivity contribution < 1.29 is 18.1 Å². The first-order chi connectivity index (χ1) is 11.8. The first-order valence-electron chi connectivity index (χ1n) is 7.12. The number of amides is 1. The first kappa shape index (κ1) is 18.5. The molecule has 0 aliphatic rings. The van der Waals surface area contributed by atoms with Crippen LogP contribution in [0.25, 0.3) is 0 Å². The topological polar surface area (TPSA) is 136 Å². The van der Waals surface area contributed by atoms with Gasteiger partial charge in [-0.3, -0.25) is 20.3 Å². The predicted molar refractivity (Wildman–Crippen MR) is 89.5 cm³/mol. The van der Waals surface area contributed by atoms with Crippen LogP contribution in [0.15, 0.2) is 59.5 Å². The molecule has 0 unspecified atom stereocenters. The number of benzene rings is 2. The van der Waals surface area contributed by atoms with Gasteiger partial charge in [0, 0.05) is 18.7 Å². The Labute approximate surface area is 144 Å². The van der Waals surface area contributed by atoms with E-state index in [9.17, 15) is 23.3 Å². The van der Waals surface area contributed by atoms with Crippen LogP contribution < -0.4 is 11.3 Å². The van der Waals surface area contributed by atoms with E-state index < -0.39 is 27.4 Å². The Hall–Kier alpha value is -2.82. The number of nitro groups is 1. The molecule has 2 aromatic rings. The highest BCUT2D eigenvalue weighted by Gasteiger charge is 2.28. The zero-order valence-corrected chi connectivity index (χ0v) is 13.8. The van der Waals surface area contributed by atoms with Crippen molar-refractivity contribution in [2.75, 3.05) is 6.54 Å². The van der Waals surface area contributed by atoms with Gasteiger partial charge in [0.25, 0.3) is 5.69 Å². The molecular weight excluding hydrogens is 348 g/mol. The average molecular weight is 364 g/mol. The van der Waals surface area contributed by atoms with Crippen molar-refractivity contribution in [3.05, 3.63) is 70.3 Å². The van der Waals surface area contributed by atoms with Gasteiger partial charge in [0.2, 0.25) is 15.9 Å². The number of nitro benzene ring substituents is 1. The second kappa shape index (κ2) is 7.83. The number of hydrazine groups is 1. The highest BCUT2D eigenvalue weighted by atomic mass is 32.2. The number of non-ortho nitro benzene ring substituents is 1. The van der Waals surface area contributed by atoms with E-state index >= 15 is 0 Å². The second-order valence-electron chi connectivity index (χ2n) is 5.08. The van der Waals surface area contributed by atoms with Crippen molar-refractivity contribution in [2.45, 2.75) is 11.4 Å². The summed E-state index contributed by atoms with van der Waals surface area (Å²) in [6.07, 6.45) is 0. The van der Waals surface area contributed by atoms with Crippen molar-refractivity contribution in [1.29, 1.82) is 0 Å². The average Bonchev–Trinajstić information content (AvgIpc) is 2.62. The summed E-state index contributed by atoms with van der Waals surface area (Å²) < 4.78 is 26.6. The van der Waals surface area contributed by atoms with Gasteiger partial charge in [0.05, 0.1) is 16.4 Å². The summed E-state index contributed by atoms with van der Waals surface area (Å²) in [4.78, 5) is 21.5. The van der Waals surface area contributed by atoms with Crippen LogP contribution in [0.1, 0.15) is 5.56 Å². The third-order valence-corrected chi connectivity index (χ3v) is 5.14. The van der Waals surface area contributed by atoms with Crippen LogP contribution in [-0.4, -0.2) is 30.1 Å². The fraction of sp³-hybridized carbons (Fsp3) is 0.133. The van der Waals surface area contributed by atoms with Gasteiger partial charge in [0.1, 0.15) is 0 Å². The number of carbonyl (C=O) groups is 1. The molecule has 0 saturated carbocycles. The van der Waals surface area contributed by atoms with Gasteiger partial charge in [-0.1, -0.05) is 36.4 Å². The van der Waals surface area contributed by atoms with E-state index in [-0.39, 0.29) is 17.1 Å². The van der Waals surface area contributed by atoms with E-state index in [2.05, 4.69) is 0 Å². The number of nitrogens with one attached hydrogen (secondary N) is 1. The first-order valence-corrected chi connectivity index (χ1v) is 8.56. The van der Waals surface area contributed by atoms with Gasteiger partial charge in [-0.2, -0.15) is 4.31 Å². The summed E-state index contributed by atoms with van der Waals surface area (Å²) in [5, 5.41) is 10.9. The minimum atomic E-state index is -4.15.